The van der Waals surface area contributed by atoms with E-state index in [1.807, 2.05) is 6.92 Å². The minimum atomic E-state index is 0.199. The first kappa shape index (κ1) is 9.93. The molecular weight excluding hydrogens is 188 g/mol. The Morgan fingerprint density at radius 3 is 3.00 bits per heavy atom. The summed E-state index contributed by atoms with van der Waals surface area (Å²) in [4.78, 5) is 0. The number of rotatable bonds is 3. The largest absolute Gasteiger partial charge is 0.508 e. The van der Waals surface area contributed by atoms with E-state index >= 15 is 0 Å². The van der Waals surface area contributed by atoms with Crippen molar-refractivity contribution in [3.05, 3.63) is 35.4 Å². The van der Waals surface area contributed by atoms with Crippen LogP contribution in [0, 0.1) is 0 Å². The Hall–Kier alpha value is -1.15. The van der Waals surface area contributed by atoms with E-state index in [0.29, 0.717) is 12.4 Å². The molecule has 0 saturated heterocycles. The average Bonchev–Trinajstić information content (AvgIpc) is 2.14. The van der Waals surface area contributed by atoms with Gasteiger partial charge in [-0.25, -0.2) is 0 Å². The van der Waals surface area contributed by atoms with Crippen molar-refractivity contribution in [3.8, 4) is 11.5 Å². The highest BCUT2D eigenvalue weighted by Crippen LogP contribution is 2.18. The number of phenolic OH excluding ortho intramolecular Hbond substituents is 1. The van der Waals surface area contributed by atoms with E-state index in [1.54, 1.807) is 24.3 Å². The summed E-state index contributed by atoms with van der Waals surface area (Å²) in [5.74, 6) is 0.836. The molecule has 0 aliphatic rings. The smallest absolute Gasteiger partial charge is 0.123 e. The number of hydrogen-bond donors (Lipinski definition) is 1. The van der Waals surface area contributed by atoms with Crippen LogP contribution in [0.5, 0.6) is 11.5 Å². The molecule has 70 valence electrons. The van der Waals surface area contributed by atoms with Gasteiger partial charge in [0, 0.05) is 11.6 Å². The van der Waals surface area contributed by atoms with Gasteiger partial charge < -0.3 is 9.84 Å². The molecule has 0 aliphatic heterocycles. The van der Waals surface area contributed by atoms with Gasteiger partial charge in [-0.2, -0.15) is 0 Å². The van der Waals surface area contributed by atoms with Crippen LogP contribution >= 0.6 is 11.6 Å². The molecule has 0 heterocycles. The van der Waals surface area contributed by atoms with Gasteiger partial charge in [-0.15, -0.1) is 0 Å². The molecule has 0 atom stereocenters. The van der Waals surface area contributed by atoms with Crippen LogP contribution in [0.4, 0.5) is 0 Å². The molecule has 3 heteroatoms. The maximum absolute atomic E-state index is 9.11. The molecule has 1 aromatic carbocycles. The van der Waals surface area contributed by atoms with Crippen LogP contribution in [0.3, 0.4) is 0 Å². The van der Waals surface area contributed by atoms with Crippen LogP contribution in [0.25, 0.3) is 0 Å². The first-order chi connectivity index (χ1) is 6.22. The van der Waals surface area contributed by atoms with E-state index in [-0.39, 0.29) is 5.75 Å². The number of phenols is 1. The fourth-order valence-corrected chi connectivity index (χ4v) is 0.865. The lowest BCUT2D eigenvalue weighted by atomic mass is 10.3. The molecule has 0 fully saturated rings. The van der Waals surface area contributed by atoms with Crippen molar-refractivity contribution in [3.63, 3.8) is 0 Å². The van der Waals surface area contributed by atoms with E-state index in [9.17, 15) is 0 Å². The van der Waals surface area contributed by atoms with Gasteiger partial charge in [0.25, 0.3) is 0 Å². The number of ether oxygens (including phenoxy) is 1. The minimum Gasteiger partial charge on any atom is -0.508 e. The zero-order valence-electron chi connectivity index (χ0n) is 7.33. The Labute approximate surface area is 82.4 Å². The standard InChI is InChI=1S/C10H11ClO2/c1-8(6-11)7-13-10-4-2-3-9(12)5-10/h2-6,12H,7H2,1H3/b8-6-. The number of halogens is 1. The molecule has 1 aromatic rings. The normalized spacial score (nSPS) is 11.4. The van der Waals surface area contributed by atoms with Crippen LogP contribution < -0.4 is 4.74 Å². The van der Waals surface area contributed by atoms with E-state index in [1.165, 1.54) is 5.54 Å². The molecule has 0 saturated carbocycles. The van der Waals surface area contributed by atoms with Crippen molar-refractivity contribution in [2.75, 3.05) is 6.61 Å². The zero-order chi connectivity index (χ0) is 9.68. The molecule has 1 N–H and O–H groups in total. The average molecular weight is 199 g/mol. The molecule has 1 rings (SSSR count). The van der Waals surface area contributed by atoms with Gasteiger partial charge >= 0.3 is 0 Å². The minimum absolute atomic E-state index is 0.199. The second kappa shape index (κ2) is 4.77. The monoisotopic (exact) mass is 198 g/mol. The topological polar surface area (TPSA) is 29.5 Å². The fraction of sp³-hybridized carbons (Fsp3) is 0.200. The molecule has 0 unspecified atom stereocenters. The molecular formula is C10H11ClO2. The van der Waals surface area contributed by atoms with Gasteiger partial charge in [-0.1, -0.05) is 17.7 Å². The van der Waals surface area contributed by atoms with Gasteiger partial charge in [0.05, 0.1) is 0 Å². The van der Waals surface area contributed by atoms with Crippen LogP contribution in [0.1, 0.15) is 6.92 Å². The Kier molecular flexibility index (Phi) is 3.65. The molecule has 0 radical (unpaired) electrons. The van der Waals surface area contributed by atoms with Crippen LogP contribution in [0.15, 0.2) is 35.4 Å². The summed E-state index contributed by atoms with van der Waals surface area (Å²) in [5, 5.41) is 9.11. The van der Waals surface area contributed by atoms with Crippen molar-refractivity contribution >= 4 is 11.6 Å². The van der Waals surface area contributed by atoms with Gasteiger partial charge in [-0.3, -0.25) is 0 Å². The van der Waals surface area contributed by atoms with Crippen LogP contribution in [0.2, 0.25) is 0 Å². The van der Waals surface area contributed by atoms with E-state index in [0.717, 1.165) is 5.57 Å². The lowest BCUT2D eigenvalue weighted by Gasteiger charge is -2.05. The summed E-state index contributed by atoms with van der Waals surface area (Å²) in [5.41, 5.74) is 2.41. The summed E-state index contributed by atoms with van der Waals surface area (Å²) in [6, 6.07) is 6.66. The fourth-order valence-electron chi connectivity index (χ4n) is 0.802. The van der Waals surface area contributed by atoms with Crippen molar-refractivity contribution in [2.45, 2.75) is 6.92 Å². The molecule has 0 aliphatic carbocycles. The first-order valence-corrected chi connectivity index (χ1v) is 4.33. The van der Waals surface area contributed by atoms with Gasteiger partial charge in [-0.05, 0) is 24.6 Å². The number of hydrogen-bond acceptors (Lipinski definition) is 2. The van der Waals surface area contributed by atoms with Crippen molar-refractivity contribution in [2.24, 2.45) is 0 Å². The van der Waals surface area contributed by atoms with Gasteiger partial charge in [0.2, 0.25) is 0 Å². The highest BCUT2D eigenvalue weighted by molar-refractivity contribution is 6.25. The first-order valence-electron chi connectivity index (χ1n) is 3.90. The Bertz CT molecular complexity index is 308. The second-order valence-electron chi connectivity index (χ2n) is 2.74. The molecule has 0 amide bonds. The summed E-state index contributed by atoms with van der Waals surface area (Å²) >= 11 is 5.46. The highest BCUT2D eigenvalue weighted by Gasteiger charge is 1.95. The summed E-state index contributed by atoms with van der Waals surface area (Å²) in [6.07, 6.45) is 0. The third-order valence-electron chi connectivity index (χ3n) is 1.47. The lowest BCUT2D eigenvalue weighted by Crippen LogP contribution is -1.97. The Morgan fingerprint density at radius 1 is 1.62 bits per heavy atom. The number of aromatic hydroxyl groups is 1. The maximum Gasteiger partial charge on any atom is 0.123 e. The lowest BCUT2D eigenvalue weighted by molar-refractivity contribution is 0.349. The van der Waals surface area contributed by atoms with Crippen molar-refractivity contribution in [1.82, 2.24) is 0 Å². The third kappa shape index (κ3) is 3.38. The maximum atomic E-state index is 9.11. The summed E-state index contributed by atoms with van der Waals surface area (Å²) < 4.78 is 5.33. The SMILES string of the molecule is C/C(=C/Cl)COc1cccc(O)c1. The molecule has 0 bridgehead atoms. The number of benzene rings is 1. The third-order valence-corrected chi connectivity index (χ3v) is 1.84. The van der Waals surface area contributed by atoms with Gasteiger partial charge in [0.15, 0.2) is 0 Å². The predicted octanol–water partition coefficient (Wildman–Crippen LogP) is 2.91. The summed E-state index contributed by atoms with van der Waals surface area (Å²) in [7, 11) is 0. The molecule has 0 spiro atoms. The molecule has 0 aromatic heterocycles. The van der Waals surface area contributed by atoms with E-state index < -0.39 is 0 Å². The van der Waals surface area contributed by atoms with Gasteiger partial charge in [0.1, 0.15) is 18.1 Å². The quantitative estimate of drug-likeness (QED) is 0.809. The molecule has 13 heavy (non-hydrogen) atoms. The summed E-state index contributed by atoms with van der Waals surface area (Å²) in [6.45, 7) is 2.31. The van der Waals surface area contributed by atoms with Crippen LogP contribution in [-0.2, 0) is 0 Å². The van der Waals surface area contributed by atoms with Crippen molar-refractivity contribution < 1.29 is 9.84 Å². The van der Waals surface area contributed by atoms with E-state index in [4.69, 9.17) is 21.4 Å². The van der Waals surface area contributed by atoms with Crippen LogP contribution in [-0.4, -0.2) is 11.7 Å². The highest BCUT2D eigenvalue weighted by atomic mass is 35.5. The Balaban J connectivity index is 2.55. The zero-order valence-corrected chi connectivity index (χ0v) is 8.08. The molecule has 2 nitrogen and oxygen atoms in total. The second-order valence-corrected chi connectivity index (χ2v) is 2.96. The predicted molar refractivity (Wildman–Crippen MR) is 53.2 cm³/mol. The van der Waals surface area contributed by atoms with E-state index in [2.05, 4.69) is 0 Å². The Morgan fingerprint density at radius 2 is 2.38 bits per heavy atom. The van der Waals surface area contributed by atoms with Crippen molar-refractivity contribution in [1.29, 1.82) is 0 Å².